The van der Waals surface area contributed by atoms with Gasteiger partial charge < -0.3 is 9.80 Å². The molecule has 1 aromatic rings. The Hall–Kier alpha value is -2.04. The third kappa shape index (κ3) is 1.21. The van der Waals surface area contributed by atoms with Gasteiger partial charge >= 0.3 is 6.03 Å². The van der Waals surface area contributed by atoms with E-state index in [1.807, 2.05) is 50.1 Å². The number of fused-ring (bicyclic) bond motifs is 3. The maximum absolute atomic E-state index is 12.5. The molecule has 3 rings (SSSR count). The first-order valence-electron chi connectivity index (χ1n) is 5.94. The van der Waals surface area contributed by atoms with Gasteiger partial charge in [-0.25, -0.2) is 14.7 Å². The van der Waals surface area contributed by atoms with Gasteiger partial charge in [0.1, 0.15) is 5.66 Å². The van der Waals surface area contributed by atoms with E-state index >= 15 is 0 Å². The molecular formula is C13H16N4O. The van der Waals surface area contributed by atoms with Crippen LogP contribution in [0.1, 0.15) is 13.8 Å². The summed E-state index contributed by atoms with van der Waals surface area (Å²) in [6.45, 7) is 3.87. The van der Waals surface area contributed by atoms with Crippen molar-refractivity contribution in [2.45, 2.75) is 19.5 Å². The normalized spacial score (nSPS) is 20.8. The van der Waals surface area contributed by atoms with Gasteiger partial charge in [0.05, 0.1) is 11.4 Å². The number of nitrogens with zero attached hydrogens (tertiary/aromatic N) is 4. The largest absolute Gasteiger partial charge is 0.333 e. The van der Waals surface area contributed by atoms with Crippen molar-refractivity contribution >= 4 is 23.4 Å². The molecule has 2 aliphatic rings. The molecule has 0 saturated heterocycles. The molecule has 0 bridgehead atoms. The Bertz CT molecular complexity index is 564. The Kier molecular flexibility index (Phi) is 2.00. The van der Waals surface area contributed by atoms with Crippen LogP contribution in [0.2, 0.25) is 0 Å². The number of benzene rings is 1. The molecule has 18 heavy (non-hydrogen) atoms. The summed E-state index contributed by atoms with van der Waals surface area (Å²) in [7, 11) is 3.72. The summed E-state index contributed by atoms with van der Waals surface area (Å²) in [4.78, 5) is 22.4. The van der Waals surface area contributed by atoms with Crippen molar-refractivity contribution in [3.05, 3.63) is 24.3 Å². The van der Waals surface area contributed by atoms with Crippen molar-refractivity contribution < 1.29 is 4.79 Å². The highest BCUT2D eigenvalue weighted by Crippen LogP contribution is 2.39. The molecule has 0 atom stereocenters. The molecule has 0 aromatic heterocycles. The molecule has 2 amide bonds. The van der Waals surface area contributed by atoms with E-state index in [1.54, 1.807) is 16.8 Å². The van der Waals surface area contributed by atoms with Gasteiger partial charge in [0.25, 0.3) is 0 Å². The molecule has 0 unspecified atom stereocenters. The smallest absolute Gasteiger partial charge is 0.313 e. The monoisotopic (exact) mass is 244 g/mol. The second-order valence-corrected chi connectivity index (χ2v) is 5.13. The molecule has 94 valence electrons. The van der Waals surface area contributed by atoms with Crippen molar-refractivity contribution in [3.63, 3.8) is 0 Å². The van der Waals surface area contributed by atoms with Crippen LogP contribution in [-0.4, -0.2) is 36.6 Å². The lowest BCUT2D eigenvalue weighted by Crippen LogP contribution is -2.58. The highest BCUT2D eigenvalue weighted by Gasteiger charge is 2.44. The summed E-state index contributed by atoms with van der Waals surface area (Å²) in [5.41, 5.74) is 1.39. The van der Waals surface area contributed by atoms with Gasteiger partial charge in [-0.2, -0.15) is 0 Å². The molecule has 0 spiro atoms. The fourth-order valence-corrected chi connectivity index (χ4v) is 2.32. The highest BCUT2D eigenvalue weighted by molar-refractivity contribution is 6.28. The Balaban J connectivity index is 2.22. The van der Waals surface area contributed by atoms with E-state index in [-0.39, 0.29) is 6.03 Å². The topological polar surface area (TPSA) is 39.1 Å². The number of para-hydroxylation sites is 2. The quantitative estimate of drug-likeness (QED) is 0.701. The second kappa shape index (κ2) is 3.25. The van der Waals surface area contributed by atoms with E-state index in [9.17, 15) is 4.79 Å². The van der Waals surface area contributed by atoms with E-state index in [2.05, 4.69) is 4.99 Å². The summed E-state index contributed by atoms with van der Waals surface area (Å²) >= 11 is 0. The van der Waals surface area contributed by atoms with E-state index in [0.29, 0.717) is 5.96 Å². The number of carbonyl (C=O) groups is 1. The first-order valence-corrected chi connectivity index (χ1v) is 5.94. The number of anilines is 2. The van der Waals surface area contributed by atoms with Crippen molar-refractivity contribution in [1.29, 1.82) is 0 Å². The molecule has 0 saturated carbocycles. The summed E-state index contributed by atoms with van der Waals surface area (Å²) in [6.07, 6.45) is 0. The average Bonchev–Trinajstić information content (AvgIpc) is 2.60. The van der Waals surface area contributed by atoms with Crippen LogP contribution in [0.25, 0.3) is 0 Å². The summed E-state index contributed by atoms with van der Waals surface area (Å²) in [5, 5.41) is 0. The maximum Gasteiger partial charge on any atom is 0.333 e. The van der Waals surface area contributed by atoms with Gasteiger partial charge in [-0.1, -0.05) is 12.1 Å². The predicted molar refractivity (Wildman–Crippen MR) is 72.0 cm³/mol. The lowest BCUT2D eigenvalue weighted by atomic mass is 10.2. The standard InChI is InChI=1S/C13H16N4O/c1-13(2)14-11-15(3)9-7-5-6-8-10(9)17(11)12(18)16(13)4/h5-8H,1-4H3. The zero-order chi connectivity index (χ0) is 13.1. The van der Waals surface area contributed by atoms with Crippen LogP contribution in [0.5, 0.6) is 0 Å². The number of rotatable bonds is 0. The Morgan fingerprint density at radius 2 is 1.72 bits per heavy atom. The Morgan fingerprint density at radius 1 is 1.11 bits per heavy atom. The van der Waals surface area contributed by atoms with Crippen molar-refractivity contribution in [1.82, 2.24) is 4.90 Å². The van der Waals surface area contributed by atoms with Crippen LogP contribution in [-0.2, 0) is 0 Å². The molecule has 2 heterocycles. The fraction of sp³-hybridized carbons (Fsp3) is 0.385. The van der Waals surface area contributed by atoms with Crippen molar-refractivity contribution in [2.24, 2.45) is 4.99 Å². The summed E-state index contributed by atoms with van der Waals surface area (Å²) < 4.78 is 0. The molecule has 5 nitrogen and oxygen atoms in total. The Labute approximate surface area is 106 Å². The molecule has 0 radical (unpaired) electrons. The number of carbonyl (C=O) groups excluding carboxylic acids is 1. The van der Waals surface area contributed by atoms with Gasteiger partial charge in [0.2, 0.25) is 5.96 Å². The van der Waals surface area contributed by atoms with Crippen LogP contribution in [0.4, 0.5) is 16.2 Å². The first-order chi connectivity index (χ1) is 8.43. The second-order valence-electron chi connectivity index (χ2n) is 5.13. The van der Waals surface area contributed by atoms with Crippen molar-refractivity contribution in [2.75, 3.05) is 23.9 Å². The van der Waals surface area contributed by atoms with Crippen LogP contribution >= 0.6 is 0 Å². The number of urea groups is 1. The molecule has 0 N–H and O–H groups in total. The van der Waals surface area contributed by atoms with Gasteiger partial charge in [-0.3, -0.25) is 0 Å². The highest BCUT2D eigenvalue weighted by atomic mass is 16.2. The summed E-state index contributed by atoms with van der Waals surface area (Å²) in [6, 6.07) is 7.80. The third-order valence-electron chi connectivity index (χ3n) is 3.66. The number of guanidine groups is 1. The fourth-order valence-electron chi connectivity index (χ4n) is 2.32. The summed E-state index contributed by atoms with van der Waals surface area (Å²) in [5.74, 6) is 0.698. The molecular weight excluding hydrogens is 228 g/mol. The average molecular weight is 244 g/mol. The zero-order valence-electron chi connectivity index (χ0n) is 11.0. The van der Waals surface area contributed by atoms with E-state index in [4.69, 9.17) is 0 Å². The van der Waals surface area contributed by atoms with E-state index in [0.717, 1.165) is 11.4 Å². The van der Waals surface area contributed by atoms with Gasteiger partial charge in [-0.15, -0.1) is 0 Å². The van der Waals surface area contributed by atoms with Gasteiger partial charge in [0, 0.05) is 14.1 Å². The number of aliphatic imine (C=N–C) groups is 1. The molecule has 5 heteroatoms. The number of amides is 2. The first kappa shape index (κ1) is 11.1. The number of hydrogen-bond acceptors (Lipinski definition) is 3. The zero-order valence-corrected chi connectivity index (χ0v) is 11.0. The lowest BCUT2D eigenvalue weighted by Gasteiger charge is -2.40. The van der Waals surface area contributed by atoms with Crippen molar-refractivity contribution in [3.8, 4) is 0 Å². The maximum atomic E-state index is 12.5. The lowest BCUT2D eigenvalue weighted by molar-refractivity contribution is 0.164. The minimum Gasteiger partial charge on any atom is -0.313 e. The van der Waals surface area contributed by atoms with E-state index < -0.39 is 5.66 Å². The van der Waals surface area contributed by atoms with Gasteiger partial charge in [-0.05, 0) is 26.0 Å². The minimum atomic E-state index is -0.515. The van der Waals surface area contributed by atoms with Crippen LogP contribution in [0.3, 0.4) is 0 Å². The third-order valence-corrected chi connectivity index (χ3v) is 3.66. The van der Waals surface area contributed by atoms with E-state index in [1.165, 1.54) is 0 Å². The van der Waals surface area contributed by atoms with Crippen LogP contribution < -0.4 is 9.80 Å². The van der Waals surface area contributed by atoms with Crippen LogP contribution in [0, 0.1) is 0 Å². The van der Waals surface area contributed by atoms with Crippen LogP contribution in [0.15, 0.2) is 29.3 Å². The predicted octanol–water partition coefficient (Wildman–Crippen LogP) is 2.10. The molecule has 1 aromatic carbocycles. The van der Waals surface area contributed by atoms with Gasteiger partial charge in [0.15, 0.2) is 0 Å². The molecule has 0 aliphatic carbocycles. The minimum absolute atomic E-state index is 0.0400. The number of hydrogen-bond donors (Lipinski definition) is 0. The molecule has 2 aliphatic heterocycles. The Morgan fingerprint density at radius 3 is 2.39 bits per heavy atom. The molecule has 0 fully saturated rings. The SMILES string of the molecule is CN1C2=NC(C)(C)N(C)C(=O)N2c2ccccc21.